The zero-order valence-electron chi connectivity index (χ0n) is 17.6. The third kappa shape index (κ3) is 4.34. The molecule has 0 spiro atoms. The zero-order chi connectivity index (χ0) is 21.8. The molecule has 160 valence electrons. The van der Waals surface area contributed by atoms with Gasteiger partial charge in [0, 0.05) is 40.5 Å². The van der Waals surface area contributed by atoms with Crippen molar-refractivity contribution in [2.45, 2.75) is 12.8 Å². The fourth-order valence-electron chi connectivity index (χ4n) is 3.70. The Bertz CT molecular complexity index is 1200. The Morgan fingerprint density at radius 3 is 2.71 bits per heavy atom. The first-order valence-corrected chi connectivity index (χ1v) is 10.7. The van der Waals surface area contributed by atoms with Gasteiger partial charge in [0.05, 0.1) is 19.9 Å². The summed E-state index contributed by atoms with van der Waals surface area (Å²) in [5.74, 6) is 1.13. The number of nitrogens with one attached hydrogen (secondary N) is 3. The maximum absolute atomic E-state index is 12.5. The van der Waals surface area contributed by atoms with Gasteiger partial charge in [0.25, 0.3) is 0 Å². The number of aromatic amines is 1. The van der Waals surface area contributed by atoms with Crippen LogP contribution in [0, 0.1) is 6.92 Å². The Hall–Kier alpha value is -3.52. The molecule has 0 fully saturated rings. The summed E-state index contributed by atoms with van der Waals surface area (Å²) in [6.45, 7) is 2.25. The summed E-state index contributed by atoms with van der Waals surface area (Å²) in [6, 6.07) is 13.6. The Morgan fingerprint density at radius 1 is 1.13 bits per heavy atom. The summed E-state index contributed by atoms with van der Waals surface area (Å²) in [5.41, 5.74) is 3.90. The highest BCUT2D eigenvalue weighted by Crippen LogP contribution is 2.40. The molecule has 7 nitrogen and oxygen atoms in total. The van der Waals surface area contributed by atoms with Crippen LogP contribution >= 0.6 is 11.3 Å². The van der Waals surface area contributed by atoms with Gasteiger partial charge in [0.15, 0.2) is 16.6 Å². The molecule has 0 aliphatic heterocycles. The number of urea groups is 1. The van der Waals surface area contributed by atoms with Crippen LogP contribution in [0.25, 0.3) is 10.9 Å². The van der Waals surface area contributed by atoms with Gasteiger partial charge in [-0.15, -0.1) is 11.3 Å². The van der Waals surface area contributed by atoms with Crippen LogP contribution in [0.4, 0.5) is 9.93 Å². The summed E-state index contributed by atoms with van der Waals surface area (Å²) >= 11 is 1.39. The molecule has 2 heterocycles. The number of H-pyrrole nitrogens is 1. The molecule has 3 N–H and O–H groups in total. The van der Waals surface area contributed by atoms with Crippen molar-refractivity contribution in [2.24, 2.45) is 0 Å². The van der Waals surface area contributed by atoms with E-state index in [0.29, 0.717) is 23.2 Å². The Labute approximate surface area is 184 Å². The van der Waals surface area contributed by atoms with E-state index in [2.05, 4.69) is 26.7 Å². The molecular formula is C23H24N4O3S. The normalized spacial score (nSPS) is 11.8. The number of carbonyl (C=O) groups is 1. The van der Waals surface area contributed by atoms with Gasteiger partial charge >= 0.3 is 6.03 Å². The molecule has 2 aromatic carbocycles. The van der Waals surface area contributed by atoms with Crippen molar-refractivity contribution in [3.63, 3.8) is 0 Å². The summed E-state index contributed by atoms with van der Waals surface area (Å²) in [6.07, 6.45) is 1.98. The number of anilines is 1. The topological polar surface area (TPSA) is 88.3 Å². The smallest absolute Gasteiger partial charge is 0.321 e. The molecule has 2 amide bonds. The molecule has 2 aromatic heterocycles. The number of para-hydroxylation sites is 2. The lowest BCUT2D eigenvalue weighted by atomic mass is 9.90. The molecular weight excluding hydrogens is 412 g/mol. The van der Waals surface area contributed by atoms with Crippen molar-refractivity contribution in [1.82, 2.24) is 15.3 Å². The van der Waals surface area contributed by atoms with Crippen LogP contribution in [-0.4, -0.2) is 36.8 Å². The third-order valence-electron chi connectivity index (χ3n) is 5.11. The van der Waals surface area contributed by atoms with E-state index in [9.17, 15) is 4.79 Å². The predicted molar refractivity (Wildman–Crippen MR) is 124 cm³/mol. The Balaban J connectivity index is 1.67. The van der Waals surface area contributed by atoms with E-state index in [1.165, 1.54) is 11.3 Å². The van der Waals surface area contributed by atoms with Crippen LogP contribution < -0.4 is 20.1 Å². The summed E-state index contributed by atoms with van der Waals surface area (Å²) in [7, 11) is 3.24. The van der Waals surface area contributed by atoms with E-state index < -0.39 is 0 Å². The summed E-state index contributed by atoms with van der Waals surface area (Å²) in [4.78, 5) is 20.2. The molecule has 4 rings (SSSR count). The first kappa shape index (κ1) is 20.7. The molecule has 1 atom stereocenters. The lowest BCUT2D eigenvalue weighted by Crippen LogP contribution is -2.32. The second kappa shape index (κ2) is 9.09. The number of nitrogens with zero attached hydrogens (tertiary/aromatic N) is 1. The monoisotopic (exact) mass is 436 g/mol. The fourth-order valence-corrected chi connectivity index (χ4v) is 4.39. The maximum atomic E-state index is 12.5. The van der Waals surface area contributed by atoms with Crippen LogP contribution in [0.1, 0.15) is 22.7 Å². The number of hydrogen-bond donors (Lipinski definition) is 3. The molecule has 4 aromatic rings. The van der Waals surface area contributed by atoms with Gasteiger partial charge in [-0.2, -0.15) is 0 Å². The third-order valence-corrected chi connectivity index (χ3v) is 5.99. The standard InChI is InChI=1S/C23H24N4O3S/c1-14-13-31-23(26-14)27-22(28)25-12-18(16-8-6-10-20(29-2)21(16)30-3)17-11-24-19-9-5-4-7-15(17)19/h4-11,13,18,24H,12H2,1-3H3,(H2,25,26,27,28). The van der Waals surface area contributed by atoms with Gasteiger partial charge in [-0.3, -0.25) is 5.32 Å². The average molecular weight is 437 g/mol. The van der Waals surface area contributed by atoms with Gasteiger partial charge in [0.1, 0.15) is 0 Å². The number of thiazole rings is 1. The summed E-state index contributed by atoms with van der Waals surface area (Å²) in [5, 5.41) is 9.34. The first-order chi connectivity index (χ1) is 15.1. The van der Waals surface area contributed by atoms with Crippen LogP contribution in [0.2, 0.25) is 0 Å². The highest BCUT2D eigenvalue weighted by molar-refractivity contribution is 7.13. The second-order valence-electron chi connectivity index (χ2n) is 7.05. The van der Waals surface area contributed by atoms with Crippen molar-refractivity contribution >= 4 is 33.4 Å². The molecule has 1 unspecified atom stereocenters. The minimum atomic E-state index is -0.305. The first-order valence-electron chi connectivity index (χ1n) is 9.84. The van der Waals surface area contributed by atoms with E-state index in [0.717, 1.165) is 27.7 Å². The van der Waals surface area contributed by atoms with Crippen LogP contribution in [0.5, 0.6) is 11.5 Å². The Kier molecular flexibility index (Phi) is 6.08. The highest BCUT2D eigenvalue weighted by atomic mass is 32.1. The number of methoxy groups -OCH3 is 2. The molecule has 0 radical (unpaired) electrons. The number of fused-ring (bicyclic) bond motifs is 1. The number of aryl methyl sites for hydroxylation is 1. The fraction of sp³-hybridized carbons (Fsp3) is 0.217. The van der Waals surface area contributed by atoms with Gasteiger partial charge in [-0.05, 0) is 24.6 Å². The van der Waals surface area contributed by atoms with Crippen LogP contribution in [0.3, 0.4) is 0 Å². The van der Waals surface area contributed by atoms with Crippen molar-refractivity contribution in [3.05, 3.63) is 70.9 Å². The SMILES string of the molecule is COc1cccc(C(CNC(=O)Nc2nc(C)cs2)c2c[nH]c3ccccc23)c1OC. The average Bonchev–Trinajstić information content (AvgIpc) is 3.39. The number of carbonyl (C=O) groups excluding carboxylic acids is 1. The lowest BCUT2D eigenvalue weighted by Gasteiger charge is -2.22. The molecule has 0 saturated heterocycles. The van der Waals surface area contributed by atoms with E-state index in [1.54, 1.807) is 14.2 Å². The highest BCUT2D eigenvalue weighted by Gasteiger charge is 2.24. The van der Waals surface area contributed by atoms with Crippen molar-refractivity contribution in [3.8, 4) is 11.5 Å². The van der Waals surface area contributed by atoms with Gasteiger partial charge in [-0.25, -0.2) is 9.78 Å². The second-order valence-corrected chi connectivity index (χ2v) is 7.91. The van der Waals surface area contributed by atoms with E-state index in [1.807, 2.05) is 54.9 Å². The van der Waals surface area contributed by atoms with Gasteiger partial charge < -0.3 is 19.8 Å². The molecule has 0 aliphatic carbocycles. The number of aromatic nitrogens is 2. The minimum Gasteiger partial charge on any atom is -0.493 e. The van der Waals surface area contributed by atoms with Crippen LogP contribution in [-0.2, 0) is 0 Å². The van der Waals surface area contributed by atoms with Crippen molar-refractivity contribution in [1.29, 1.82) is 0 Å². The van der Waals surface area contributed by atoms with E-state index in [4.69, 9.17) is 9.47 Å². The van der Waals surface area contributed by atoms with Crippen molar-refractivity contribution < 1.29 is 14.3 Å². The lowest BCUT2D eigenvalue weighted by molar-refractivity contribution is 0.251. The quantitative estimate of drug-likeness (QED) is 0.384. The Morgan fingerprint density at radius 2 is 1.97 bits per heavy atom. The predicted octanol–water partition coefficient (Wildman–Crippen LogP) is 4.90. The zero-order valence-corrected chi connectivity index (χ0v) is 18.4. The molecule has 0 saturated carbocycles. The minimum absolute atomic E-state index is 0.162. The van der Waals surface area contributed by atoms with Gasteiger partial charge in [0.2, 0.25) is 0 Å². The molecule has 0 aliphatic rings. The number of ether oxygens (including phenoxy) is 2. The molecule has 0 bridgehead atoms. The van der Waals surface area contributed by atoms with E-state index >= 15 is 0 Å². The number of benzene rings is 2. The number of rotatable bonds is 7. The van der Waals surface area contributed by atoms with E-state index in [-0.39, 0.29) is 11.9 Å². The molecule has 8 heteroatoms. The maximum Gasteiger partial charge on any atom is 0.321 e. The van der Waals surface area contributed by atoms with Crippen molar-refractivity contribution in [2.75, 3.05) is 26.1 Å². The number of hydrogen-bond acceptors (Lipinski definition) is 5. The van der Waals surface area contributed by atoms with Gasteiger partial charge in [-0.1, -0.05) is 30.3 Å². The largest absolute Gasteiger partial charge is 0.493 e. The summed E-state index contributed by atoms with van der Waals surface area (Å²) < 4.78 is 11.2. The van der Waals surface area contributed by atoms with Crippen LogP contribution in [0.15, 0.2) is 54.0 Å². The number of amides is 2. The molecule has 31 heavy (non-hydrogen) atoms.